The maximum Gasteiger partial charge on any atom is 0.350 e. The number of carbonyl (C=O) groups excluding carboxylic acids is 2. The summed E-state index contributed by atoms with van der Waals surface area (Å²) < 4.78 is 5.16. The lowest BCUT2D eigenvalue weighted by atomic mass is 9.83. The molecule has 1 saturated carbocycles. The summed E-state index contributed by atoms with van der Waals surface area (Å²) in [5, 5.41) is 13.4. The molecule has 1 aliphatic carbocycles. The fourth-order valence-electron chi connectivity index (χ4n) is 3.25. The molecule has 0 bridgehead atoms. The molecule has 1 N–H and O–H groups in total. The molecule has 0 spiro atoms. The van der Waals surface area contributed by atoms with E-state index in [1.807, 2.05) is 12.1 Å². The van der Waals surface area contributed by atoms with Gasteiger partial charge in [0.2, 0.25) is 0 Å². The van der Waals surface area contributed by atoms with Crippen LogP contribution in [0.1, 0.15) is 47.5 Å². The van der Waals surface area contributed by atoms with Crippen molar-refractivity contribution in [2.75, 3.05) is 6.61 Å². The second kappa shape index (κ2) is 8.72. The van der Waals surface area contributed by atoms with Crippen LogP contribution in [-0.4, -0.2) is 29.0 Å². The van der Waals surface area contributed by atoms with Crippen LogP contribution in [0.25, 0.3) is 10.6 Å². The monoisotopic (exact) mass is 417 g/mol. The van der Waals surface area contributed by atoms with Crippen molar-refractivity contribution in [3.8, 4) is 16.6 Å². The quantitative estimate of drug-likeness (QED) is 0.733. The number of thiazole rings is 1. The van der Waals surface area contributed by atoms with Crippen molar-refractivity contribution >= 4 is 34.8 Å². The van der Waals surface area contributed by atoms with Crippen LogP contribution < -0.4 is 5.32 Å². The maximum absolute atomic E-state index is 12.4. The second-order valence-corrected chi connectivity index (χ2v) is 8.26. The summed E-state index contributed by atoms with van der Waals surface area (Å²) in [5.74, 6) is -1.07. The van der Waals surface area contributed by atoms with E-state index in [-0.39, 0.29) is 0 Å². The first kappa shape index (κ1) is 20.3. The van der Waals surface area contributed by atoms with Gasteiger partial charge >= 0.3 is 5.97 Å². The van der Waals surface area contributed by atoms with E-state index in [2.05, 4.69) is 16.4 Å². The van der Waals surface area contributed by atoms with Gasteiger partial charge in [0, 0.05) is 10.6 Å². The SMILES string of the molecule is Cc1nc(-c2cccc(Cl)c2)sc1C(=O)OCC(=O)NC1(C#N)CCCCC1. The van der Waals surface area contributed by atoms with Crippen LogP contribution in [0, 0.1) is 18.3 Å². The molecule has 0 saturated heterocycles. The lowest BCUT2D eigenvalue weighted by Gasteiger charge is -2.31. The first-order valence-corrected chi connectivity index (χ1v) is 10.2. The average Bonchev–Trinajstić information content (AvgIpc) is 3.09. The van der Waals surface area contributed by atoms with Crippen molar-refractivity contribution in [3.63, 3.8) is 0 Å². The van der Waals surface area contributed by atoms with Gasteiger partial charge in [-0.05, 0) is 31.9 Å². The summed E-state index contributed by atoms with van der Waals surface area (Å²) in [6.07, 6.45) is 4.12. The zero-order valence-corrected chi connectivity index (χ0v) is 17.0. The number of carbonyl (C=O) groups is 2. The molecular weight excluding hydrogens is 398 g/mol. The van der Waals surface area contributed by atoms with Gasteiger partial charge in [-0.3, -0.25) is 4.79 Å². The molecule has 0 aliphatic heterocycles. The Hall–Kier alpha value is -2.43. The van der Waals surface area contributed by atoms with Gasteiger partial charge in [0.1, 0.15) is 15.4 Å². The number of hydrogen-bond donors (Lipinski definition) is 1. The molecule has 6 nitrogen and oxygen atoms in total. The fraction of sp³-hybridized carbons (Fsp3) is 0.400. The Morgan fingerprint density at radius 3 is 2.79 bits per heavy atom. The van der Waals surface area contributed by atoms with Crippen molar-refractivity contribution in [2.45, 2.75) is 44.6 Å². The summed E-state index contributed by atoms with van der Waals surface area (Å²) in [4.78, 5) is 29.3. The van der Waals surface area contributed by atoms with Gasteiger partial charge in [-0.2, -0.15) is 5.26 Å². The van der Waals surface area contributed by atoms with E-state index in [0.717, 1.165) is 24.8 Å². The minimum Gasteiger partial charge on any atom is -0.451 e. The number of amides is 1. The van der Waals surface area contributed by atoms with Crippen LogP contribution in [0.4, 0.5) is 0 Å². The van der Waals surface area contributed by atoms with Crippen molar-refractivity contribution in [1.82, 2.24) is 10.3 Å². The van der Waals surface area contributed by atoms with Crippen molar-refractivity contribution in [3.05, 3.63) is 39.9 Å². The average molecular weight is 418 g/mol. The molecule has 8 heteroatoms. The molecule has 0 radical (unpaired) electrons. The molecule has 1 aliphatic rings. The minimum atomic E-state index is -0.845. The number of nitriles is 1. The standard InChI is InChI=1S/C20H20ClN3O3S/c1-13-17(28-18(23-13)14-6-5-7-15(21)10-14)19(26)27-11-16(25)24-20(12-22)8-3-2-4-9-20/h5-7,10H,2-4,8-9,11H2,1H3,(H,24,25). The van der Waals surface area contributed by atoms with Gasteiger partial charge in [0.15, 0.2) is 6.61 Å². The molecule has 2 aromatic rings. The number of halogens is 1. The fourth-order valence-corrected chi connectivity index (χ4v) is 4.40. The predicted molar refractivity (Wildman–Crippen MR) is 107 cm³/mol. The highest BCUT2D eigenvalue weighted by atomic mass is 35.5. The number of nitrogens with one attached hydrogen (secondary N) is 1. The van der Waals surface area contributed by atoms with Crippen LogP contribution in [0.2, 0.25) is 5.02 Å². The number of ether oxygens (including phenoxy) is 1. The molecule has 0 atom stereocenters. The highest BCUT2D eigenvalue weighted by Crippen LogP contribution is 2.30. The van der Waals surface area contributed by atoms with E-state index in [9.17, 15) is 14.9 Å². The van der Waals surface area contributed by atoms with Crippen LogP contribution in [-0.2, 0) is 9.53 Å². The van der Waals surface area contributed by atoms with Crippen molar-refractivity contribution < 1.29 is 14.3 Å². The third kappa shape index (κ3) is 4.70. The number of esters is 1. The Morgan fingerprint density at radius 2 is 2.11 bits per heavy atom. The molecule has 146 valence electrons. The lowest BCUT2D eigenvalue weighted by molar-refractivity contribution is -0.125. The van der Waals surface area contributed by atoms with Crippen LogP contribution in [0.3, 0.4) is 0 Å². The van der Waals surface area contributed by atoms with Crippen LogP contribution in [0.15, 0.2) is 24.3 Å². The Labute approximate surface area is 172 Å². The zero-order chi connectivity index (χ0) is 20.1. The van der Waals surface area contributed by atoms with Gasteiger partial charge in [0.05, 0.1) is 11.8 Å². The molecule has 3 rings (SSSR count). The molecule has 1 aromatic heterocycles. The first-order valence-electron chi connectivity index (χ1n) is 9.05. The lowest BCUT2D eigenvalue weighted by Crippen LogP contribution is -2.50. The van der Waals surface area contributed by atoms with Crippen molar-refractivity contribution in [2.24, 2.45) is 0 Å². The first-order chi connectivity index (χ1) is 13.4. The minimum absolute atomic E-state index is 0.343. The molecule has 1 fully saturated rings. The molecule has 28 heavy (non-hydrogen) atoms. The number of hydrogen-bond acceptors (Lipinski definition) is 6. The van der Waals surface area contributed by atoms with E-state index in [1.165, 1.54) is 11.3 Å². The van der Waals surface area contributed by atoms with E-state index in [0.29, 0.717) is 33.4 Å². The van der Waals surface area contributed by atoms with Gasteiger partial charge in [0.25, 0.3) is 5.91 Å². The summed E-state index contributed by atoms with van der Waals surface area (Å²) in [6.45, 7) is 1.29. The normalized spacial score (nSPS) is 15.5. The second-order valence-electron chi connectivity index (χ2n) is 6.82. The molecule has 0 unspecified atom stereocenters. The highest BCUT2D eigenvalue weighted by Gasteiger charge is 2.33. The van der Waals surface area contributed by atoms with E-state index < -0.39 is 24.0 Å². The zero-order valence-electron chi connectivity index (χ0n) is 15.5. The molecular formula is C20H20ClN3O3S. The summed E-state index contributed by atoms with van der Waals surface area (Å²) in [5.41, 5.74) is 0.499. The number of aromatic nitrogens is 1. The van der Waals surface area contributed by atoms with Gasteiger partial charge in [-0.1, -0.05) is 43.0 Å². The molecule has 1 aromatic carbocycles. The predicted octanol–water partition coefficient (Wildman–Crippen LogP) is 4.27. The largest absolute Gasteiger partial charge is 0.451 e. The number of rotatable bonds is 5. The van der Waals surface area contributed by atoms with Gasteiger partial charge in [-0.25, -0.2) is 9.78 Å². The topological polar surface area (TPSA) is 92.1 Å². The van der Waals surface area contributed by atoms with E-state index in [4.69, 9.17) is 16.3 Å². The summed E-state index contributed by atoms with van der Waals surface area (Å²) >= 11 is 7.20. The Morgan fingerprint density at radius 1 is 1.36 bits per heavy atom. The van der Waals surface area contributed by atoms with Crippen LogP contribution in [0.5, 0.6) is 0 Å². The van der Waals surface area contributed by atoms with Gasteiger partial charge < -0.3 is 10.1 Å². The molecule has 1 heterocycles. The third-order valence-electron chi connectivity index (χ3n) is 4.69. The van der Waals surface area contributed by atoms with E-state index >= 15 is 0 Å². The third-order valence-corrected chi connectivity index (χ3v) is 6.11. The maximum atomic E-state index is 12.4. The summed E-state index contributed by atoms with van der Waals surface area (Å²) in [6, 6.07) is 9.42. The van der Waals surface area contributed by atoms with Crippen molar-refractivity contribution in [1.29, 1.82) is 5.26 Å². The van der Waals surface area contributed by atoms with Crippen LogP contribution >= 0.6 is 22.9 Å². The molecule has 1 amide bonds. The van der Waals surface area contributed by atoms with E-state index in [1.54, 1.807) is 19.1 Å². The Bertz CT molecular complexity index is 929. The Kier molecular flexibility index (Phi) is 6.32. The number of aryl methyl sites for hydroxylation is 1. The summed E-state index contributed by atoms with van der Waals surface area (Å²) in [7, 11) is 0. The highest BCUT2D eigenvalue weighted by molar-refractivity contribution is 7.17. The van der Waals surface area contributed by atoms with Gasteiger partial charge in [-0.15, -0.1) is 11.3 Å². The number of nitrogens with zero attached hydrogens (tertiary/aromatic N) is 2. The number of benzene rings is 1. The smallest absolute Gasteiger partial charge is 0.350 e. The Balaban J connectivity index is 1.62.